The van der Waals surface area contributed by atoms with Crippen molar-refractivity contribution >= 4 is 28.6 Å². The summed E-state index contributed by atoms with van der Waals surface area (Å²) in [6, 6.07) is 13.1. The second kappa shape index (κ2) is 6.80. The molecule has 8 nitrogen and oxygen atoms in total. The summed E-state index contributed by atoms with van der Waals surface area (Å²) in [6.45, 7) is 0.719. The molecule has 3 heterocycles. The number of methoxy groups -OCH3 is 1. The second-order valence-electron chi connectivity index (χ2n) is 7.06. The third-order valence-corrected chi connectivity index (χ3v) is 5.36. The van der Waals surface area contributed by atoms with Crippen molar-refractivity contribution in [2.75, 3.05) is 25.3 Å². The molecule has 148 valence electrons. The first-order valence-electron chi connectivity index (χ1n) is 9.36. The van der Waals surface area contributed by atoms with Gasteiger partial charge < -0.3 is 23.7 Å². The monoisotopic (exact) mass is 393 g/mol. The lowest BCUT2D eigenvalue weighted by atomic mass is 10.1. The maximum atomic E-state index is 12.8. The number of esters is 1. The minimum Gasteiger partial charge on any atom is -0.468 e. The zero-order valence-electron chi connectivity index (χ0n) is 15.8. The Balaban J connectivity index is 1.49. The molecule has 2 aromatic carbocycles. The molecule has 0 N–H and O–H groups in total. The standard InChI is InChI=1S/C21H19N3O5/c1-27-20(26)11-24-16-5-3-2-4-15(16)22-21(24)13-8-19(25)23(10-13)14-6-7-17-18(9-14)29-12-28-17/h2-7,9,13H,8,10-12H2,1H3. The van der Waals surface area contributed by atoms with Gasteiger partial charge in [-0.05, 0) is 24.3 Å². The van der Waals surface area contributed by atoms with E-state index in [1.807, 2.05) is 47.0 Å². The van der Waals surface area contributed by atoms with Crippen LogP contribution >= 0.6 is 0 Å². The van der Waals surface area contributed by atoms with Gasteiger partial charge in [0.2, 0.25) is 12.7 Å². The molecule has 0 radical (unpaired) electrons. The summed E-state index contributed by atoms with van der Waals surface area (Å²) >= 11 is 0. The van der Waals surface area contributed by atoms with Crippen molar-refractivity contribution in [3.05, 3.63) is 48.3 Å². The number of aromatic nitrogens is 2. The number of carbonyl (C=O) groups is 2. The average molecular weight is 393 g/mol. The first-order valence-corrected chi connectivity index (χ1v) is 9.36. The van der Waals surface area contributed by atoms with E-state index in [9.17, 15) is 9.59 Å². The molecule has 0 aliphatic carbocycles. The second-order valence-corrected chi connectivity index (χ2v) is 7.06. The lowest BCUT2D eigenvalue weighted by molar-refractivity contribution is -0.141. The number of anilines is 1. The number of imidazole rings is 1. The Morgan fingerprint density at radius 1 is 1.21 bits per heavy atom. The van der Waals surface area contributed by atoms with Crippen LogP contribution in [0.4, 0.5) is 5.69 Å². The van der Waals surface area contributed by atoms with E-state index < -0.39 is 0 Å². The number of fused-ring (bicyclic) bond motifs is 2. The molecule has 8 heteroatoms. The number of hydrogen-bond acceptors (Lipinski definition) is 6. The van der Waals surface area contributed by atoms with Crippen LogP contribution in [0.25, 0.3) is 11.0 Å². The third-order valence-electron chi connectivity index (χ3n) is 5.36. The summed E-state index contributed by atoms with van der Waals surface area (Å²) in [4.78, 5) is 31.2. The summed E-state index contributed by atoms with van der Waals surface area (Å²) in [7, 11) is 1.36. The van der Waals surface area contributed by atoms with E-state index >= 15 is 0 Å². The van der Waals surface area contributed by atoms with Gasteiger partial charge in [0.1, 0.15) is 12.4 Å². The van der Waals surface area contributed by atoms with Crippen molar-refractivity contribution in [1.29, 1.82) is 0 Å². The Morgan fingerprint density at radius 3 is 2.90 bits per heavy atom. The molecule has 3 aromatic rings. The molecule has 29 heavy (non-hydrogen) atoms. The molecule has 1 saturated heterocycles. The van der Waals surface area contributed by atoms with Gasteiger partial charge in [0.05, 0.1) is 18.1 Å². The van der Waals surface area contributed by atoms with Crippen molar-refractivity contribution in [1.82, 2.24) is 9.55 Å². The van der Waals surface area contributed by atoms with Gasteiger partial charge >= 0.3 is 5.97 Å². The Hall–Kier alpha value is -3.55. The van der Waals surface area contributed by atoms with E-state index in [-0.39, 0.29) is 31.1 Å². The van der Waals surface area contributed by atoms with E-state index in [4.69, 9.17) is 19.2 Å². The summed E-state index contributed by atoms with van der Waals surface area (Å²) in [5.41, 5.74) is 2.40. The summed E-state index contributed by atoms with van der Waals surface area (Å²) in [5.74, 6) is 1.54. The Labute approximate surface area is 166 Å². The first-order chi connectivity index (χ1) is 14.1. The molecular weight excluding hydrogens is 374 g/mol. The zero-order chi connectivity index (χ0) is 20.0. The number of para-hydroxylation sites is 2. The summed E-state index contributed by atoms with van der Waals surface area (Å²) < 4.78 is 17.5. The molecule has 1 fully saturated rings. The zero-order valence-corrected chi connectivity index (χ0v) is 15.8. The number of nitrogens with zero attached hydrogens (tertiary/aromatic N) is 3. The van der Waals surface area contributed by atoms with Crippen LogP contribution in [0.5, 0.6) is 11.5 Å². The molecule has 0 spiro atoms. The Bertz CT molecular complexity index is 1120. The minimum absolute atomic E-state index is 0.00513. The van der Waals surface area contributed by atoms with Crippen LogP contribution in [-0.2, 0) is 20.9 Å². The fourth-order valence-electron chi connectivity index (χ4n) is 3.95. The molecule has 1 unspecified atom stereocenters. The average Bonchev–Trinajstić information content (AvgIpc) is 3.44. The van der Waals surface area contributed by atoms with Crippen LogP contribution in [0.15, 0.2) is 42.5 Å². The van der Waals surface area contributed by atoms with Crippen LogP contribution in [0.3, 0.4) is 0 Å². The van der Waals surface area contributed by atoms with Crippen LogP contribution in [-0.4, -0.2) is 41.9 Å². The van der Waals surface area contributed by atoms with E-state index in [2.05, 4.69) is 0 Å². The van der Waals surface area contributed by atoms with Gasteiger partial charge in [-0.1, -0.05) is 12.1 Å². The third kappa shape index (κ3) is 2.97. The van der Waals surface area contributed by atoms with Crippen molar-refractivity contribution in [2.24, 2.45) is 0 Å². The number of carbonyl (C=O) groups excluding carboxylic acids is 2. The molecular formula is C21H19N3O5. The van der Waals surface area contributed by atoms with Crippen LogP contribution in [0, 0.1) is 0 Å². The van der Waals surface area contributed by atoms with Crippen molar-refractivity contribution in [3.8, 4) is 11.5 Å². The molecule has 1 amide bonds. The van der Waals surface area contributed by atoms with E-state index in [0.717, 1.165) is 16.7 Å². The highest BCUT2D eigenvalue weighted by atomic mass is 16.7. The van der Waals surface area contributed by atoms with Crippen LogP contribution in [0.1, 0.15) is 18.2 Å². The van der Waals surface area contributed by atoms with E-state index in [0.29, 0.717) is 30.3 Å². The van der Waals surface area contributed by atoms with E-state index in [1.165, 1.54) is 7.11 Å². The van der Waals surface area contributed by atoms with Crippen molar-refractivity contribution < 1.29 is 23.8 Å². The Morgan fingerprint density at radius 2 is 2.03 bits per heavy atom. The fraction of sp³-hybridized carbons (Fsp3) is 0.286. The highest BCUT2D eigenvalue weighted by Gasteiger charge is 2.35. The summed E-state index contributed by atoms with van der Waals surface area (Å²) in [6.07, 6.45) is 0.318. The Kier molecular flexibility index (Phi) is 4.12. The van der Waals surface area contributed by atoms with Gasteiger partial charge in [-0.3, -0.25) is 9.59 Å². The van der Waals surface area contributed by atoms with Gasteiger partial charge in [-0.15, -0.1) is 0 Å². The fourth-order valence-corrected chi connectivity index (χ4v) is 3.95. The number of hydrogen-bond donors (Lipinski definition) is 0. The molecule has 5 rings (SSSR count). The minimum atomic E-state index is -0.355. The lowest BCUT2D eigenvalue weighted by Crippen LogP contribution is -2.24. The number of rotatable bonds is 4. The molecule has 0 saturated carbocycles. The predicted molar refractivity (Wildman–Crippen MR) is 104 cm³/mol. The summed E-state index contributed by atoms with van der Waals surface area (Å²) in [5, 5.41) is 0. The van der Waals surface area contributed by atoms with Gasteiger partial charge in [-0.2, -0.15) is 0 Å². The number of ether oxygens (including phenoxy) is 3. The topological polar surface area (TPSA) is 82.9 Å². The largest absolute Gasteiger partial charge is 0.468 e. The smallest absolute Gasteiger partial charge is 0.325 e. The lowest BCUT2D eigenvalue weighted by Gasteiger charge is -2.17. The maximum Gasteiger partial charge on any atom is 0.325 e. The molecule has 1 atom stereocenters. The SMILES string of the molecule is COC(=O)Cn1c(C2CC(=O)N(c3ccc4c(c3)OCO4)C2)nc2ccccc21. The first kappa shape index (κ1) is 17.5. The van der Waals surface area contributed by atoms with Gasteiger partial charge in [-0.25, -0.2) is 4.98 Å². The predicted octanol–water partition coefficient (Wildman–Crippen LogP) is 2.46. The van der Waals surface area contributed by atoms with Crippen LogP contribution in [0.2, 0.25) is 0 Å². The van der Waals surface area contributed by atoms with Crippen LogP contribution < -0.4 is 14.4 Å². The highest BCUT2D eigenvalue weighted by molar-refractivity contribution is 5.97. The maximum absolute atomic E-state index is 12.8. The number of amides is 1. The van der Waals surface area contributed by atoms with Crippen molar-refractivity contribution in [3.63, 3.8) is 0 Å². The highest BCUT2D eigenvalue weighted by Crippen LogP contribution is 2.39. The molecule has 0 bridgehead atoms. The van der Waals surface area contributed by atoms with Crippen molar-refractivity contribution in [2.45, 2.75) is 18.9 Å². The van der Waals surface area contributed by atoms with Gasteiger partial charge in [0.25, 0.3) is 0 Å². The molecule has 1 aromatic heterocycles. The normalized spacial score (nSPS) is 17.9. The van der Waals surface area contributed by atoms with Gasteiger partial charge in [0, 0.05) is 30.6 Å². The molecule has 2 aliphatic heterocycles. The van der Waals surface area contributed by atoms with Gasteiger partial charge in [0.15, 0.2) is 11.5 Å². The quantitative estimate of drug-likeness (QED) is 0.634. The molecule has 2 aliphatic rings. The van der Waals surface area contributed by atoms with E-state index in [1.54, 1.807) is 4.90 Å². The number of benzene rings is 2.